The molecule has 110 valence electrons. The van der Waals surface area contributed by atoms with Gasteiger partial charge < -0.3 is 5.11 Å². The predicted molar refractivity (Wildman–Crippen MR) is 77.9 cm³/mol. The molecule has 0 radical (unpaired) electrons. The van der Waals surface area contributed by atoms with Crippen molar-refractivity contribution in [3.05, 3.63) is 28.4 Å². The highest BCUT2D eigenvalue weighted by atomic mass is 32.2. The van der Waals surface area contributed by atoms with Crippen molar-refractivity contribution < 1.29 is 18.3 Å². The molecule has 0 saturated heterocycles. The van der Waals surface area contributed by atoms with Crippen LogP contribution >= 0.6 is 11.3 Å². The molecule has 0 saturated carbocycles. The zero-order chi connectivity index (χ0) is 15.5. The third-order valence-corrected chi connectivity index (χ3v) is 4.73. The fourth-order valence-electron chi connectivity index (χ4n) is 1.68. The lowest BCUT2D eigenvalue weighted by molar-refractivity contribution is -0.119. The molecular weight excluding hydrogens is 314 g/mol. The largest absolute Gasteiger partial charge is 0.388 e. The Hall–Kier alpha value is -2.02. The first kappa shape index (κ1) is 15.4. The lowest BCUT2D eigenvalue weighted by Gasteiger charge is -2.25. The van der Waals surface area contributed by atoms with E-state index in [-0.39, 0.29) is 24.4 Å². The highest BCUT2D eigenvalue weighted by Gasteiger charge is 2.32. The highest BCUT2D eigenvalue weighted by Crippen LogP contribution is 2.22. The number of Topliss-reactive ketones (excluding diaryl/α,β-unsaturated/α-hetero) is 1. The summed E-state index contributed by atoms with van der Waals surface area (Å²) in [6, 6.07) is 0. The van der Waals surface area contributed by atoms with Crippen LogP contribution in [0.4, 0.5) is 0 Å². The lowest BCUT2D eigenvalue weighted by Crippen LogP contribution is -2.37. The van der Waals surface area contributed by atoms with Gasteiger partial charge >= 0.3 is 10.2 Å². The van der Waals surface area contributed by atoms with Crippen LogP contribution in [0.2, 0.25) is 0 Å². The molecule has 0 aromatic carbocycles. The number of thiazole rings is 1. The molecule has 0 spiro atoms. The number of hydrogen-bond acceptors (Lipinski definition) is 6. The first-order valence-corrected chi connectivity index (χ1v) is 8.09. The number of allylic oxidation sites excluding steroid dienone is 1. The van der Waals surface area contributed by atoms with Gasteiger partial charge in [0.15, 0.2) is 0 Å². The second kappa shape index (κ2) is 6.17. The van der Waals surface area contributed by atoms with Gasteiger partial charge in [-0.2, -0.15) is 8.42 Å². The molecule has 7 nitrogen and oxygen atoms in total. The monoisotopic (exact) mass is 325 g/mol. The van der Waals surface area contributed by atoms with Crippen LogP contribution < -0.4 is 0 Å². The number of nitrogens with zero attached hydrogens (tertiary/aromatic N) is 3. The van der Waals surface area contributed by atoms with E-state index in [1.807, 2.05) is 0 Å². The summed E-state index contributed by atoms with van der Waals surface area (Å²) in [5.74, 6) is 1.58. The van der Waals surface area contributed by atoms with Crippen molar-refractivity contribution in [2.75, 3.05) is 13.2 Å². The number of aromatic nitrogens is 1. The van der Waals surface area contributed by atoms with Gasteiger partial charge in [-0.3, -0.25) is 4.79 Å². The van der Waals surface area contributed by atoms with Crippen LogP contribution in [0, 0.1) is 12.3 Å². The molecular formula is C12H11N3O4S2. The van der Waals surface area contributed by atoms with Gasteiger partial charge in [0.1, 0.15) is 23.0 Å². The molecule has 0 amide bonds. The second-order valence-electron chi connectivity index (χ2n) is 3.93. The van der Waals surface area contributed by atoms with E-state index in [1.165, 1.54) is 23.6 Å². The Morgan fingerprint density at radius 2 is 2.29 bits per heavy atom. The number of hydrogen-bond donors (Lipinski definition) is 1. The summed E-state index contributed by atoms with van der Waals surface area (Å²) in [6.45, 7) is -0.885. The van der Waals surface area contributed by atoms with Crippen LogP contribution in [0.3, 0.4) is 0 Å². The predicted octanol–water partition coefficient (Wildman–Crippen LogP) is -0.0388. The Kier molecular flexibility index (Phi) is 4.52. The van der Waals surface area contributed by atoms with Gasteiger partial charge in [0, 0.05) is 24.5 Å². The molecule has 1 aromatic heterocycles. The SMILES string of the molecule is C#CCCN1C(C(=O)CO)=CC(c2nccs2)=NS1(=O)=O. The third-order valence-electron chi connectivity index (χ3n) is 2.57. The quantitative estimate of drug-likeness (QED) is 0.766. The van der Waals surface area contributed by atoms with Gasteiger partial charge in [0.2, 0.25) is 5.78 Å². The van der Waals surface area contributed by atoms with Crippen molar-refractivity contribution in [3.8, 4) is 12.3 Å². The smallest absolute Gasteiger partial charge is 0.345 e. The van der Waals surface area contributed by atoms with E-state index in [0.717, 1.165) is 4.31 Å². The molecule has 1 aliphatic heterocycles. The molecule has 1 N–H and O–H groups in total. The molecule has 2 heterocycles. The molecule has 0 unspecified atom stereocenters. The second-order valence-corrected chi connectivity index (χ2v) is 6.34. The first-order chi connectivity index (χ1) is 9.99. The molecule has 0 bridgehead atoms. The van der Waals surface area contributed by atoms with Crippen molar-refractivity contribution in [1.82, 2.24) is 9.29 Å². The Morgan fingerprint density at radius 3 is 2.86 bits per heavy atom. The average Bonchev–Trinajstić information content (AvgIpc) is 2.98. The number of rotatable bonds is 5. The Labute approximate surface area is 125 Å². The van der Waals surface area contributed by atoms with Crippen LogP contribution in [0.15, 0.2) is 27.7 Å². The molecule has 0 aliphatic carbocycles. The molecule has 1 aromatic rings. The summed E-state index contributed by atoms with van der Waals surface area (Å²) >= 11 is 1.20. The van der Waals surface area contributed by atoms with Gasteiger partial charge in [-0.25, -0.2) is 9.29 Å². The minimum absolute atomic E-state index is 0.0683. The minimum Gasteiger partial charge on any atom is -0.388 e. The zero-order valence-corrected chi connectivity index (χ0v) is 12.4. The van der Waals surface area contributed by atoms with E-state index in [4.69, 9.17) is 11.5 Å². The van der Waals surface area contributed by atoms with Crippen molar-refractivity contribution in [2.45, 2.75) is 6.42 Å². The molecule has 9 heteroatoms. The average molecular weight is 325 g/mol. The Morgan fingerprint density at radius 1 is 1.52 bits per heavy atom. The summed E-state index contributed by atoms with van der Waals surface area (Å²) in [7, 11) is -4.08. The summed E-state index contributed by atoms with van der Waals surface area (Å²) in [5.41, 5.74) is -0.0910. The highest BCUT2D eigenvalue weighted by molar-refractivity contribution is 7.88. The van der Waals surface area contributed by atoms with Gasteiger partial charge in [-0.05, 0) is 6.08 Å². The number of carbonyl (C=O) groups excluding carboxylic acids is 1. The standard InChI is InChI=1S/C12H11N3O4S2/c1-2-3-5-15-10(11(17)8-16)7-9(14-21(15,18)19)12-13-4-6-20-12/h1,4,6-7,16H,3,5,8H2. The molecule has 2 rings (SSSR count). The van der Waals surface area contributed by atoms with Crippen molar-refractivity contribution >= 4 is 33.0 Å². The van der Waals surface area contributed by atoms with Crippen LogP contribution in [-0.4, -0.2) is 47.5 Å². The van der Waals surface area contributed by atoms with Crippen LogP contribution in [-0.2, 0) is 15.0 Å². The number of aliphatic hydroxyl groups is 1. The number of terminal acetylenes is 1. The number of ketones is 1. The maximum Gasteiger partial charge on any atom is 0.345 e. The van der Waals surface area contributed by atoms with Crippen LogP contribution in [0.5, 0.6) is 0 Å². The van der Waals surface area contributed by atoms with Crippen LogP contribution in [0.25, 0.3) is 0 Å². The van der Waals surface area contributed by atoms with Crippen molar-refractivity contribution in [1.29, 1.82) is 0 Å². The summed E-state index contributed by atoms with van der Waals surface area (Å²) < 4.78 is 28.8. The fourth-order valence-corrected chi connectivity index (χ4v) is 3.55. The van der Waals surface area contributed by atoms with E-state index < -0.39 is 22.6 Å². The fraction of sp³-hybridized carbons (Fsp3) is 0.250. The number of carbonyl (C=O) groups is 1. The van der Waals surface area contributed by atoms with E-state index in [0.29, 0.717) is 5.01 Å². The van der Waals surface area contributed by atoms with Gasteiger partial charge in [-0.15, -0.1) is 28.1 Å². The topological polar surface area (TPSA) is 99.9 Å². The molecule has 21 heavy (non-hydrogen) atoms. The maximum absolute atomic E-state index is 12.2. The molecule has 0 atom stereocenters. The van der Waals surface area contributed by atoms with Crippen LogP contribution in [0.1, 0.15) is 11.4 Å². The molecule has 0 fully saturated rings. The van der Waals surface area contributed by atoms with E-state index in [1.54, 1.807) is 5.38 Å². The van der Waals surface area contributed by atoms with E-state index in [2.05, 4.69) is 15.3 Å². The number of aliphatic hydroxyl groups excluding tert-OH is 1. The summed E-state index contributed by atoms with van der Waals surface area (Å²) in [5, 5.41) is 11.0. The lowest BCUT2D eigenvalue weighted by atomic mass is 10.2. The van der Waals surface area contributed by atoms with Crippen molar-refractivity contribution in [2.24, 2.45) is 4.40 Å². The summed E-state index contributed by atoms with van der Waals surface area (Å²) in [6.07, 6.45) is 8.05. The normalized spacial score (nSPS) is 16.9. The van der Waals surface area contributed by atoms with Gasteiger partial charge in [-0.1, -0.05) is 0 Å². The van der Waals surface area contributed by atoms with E-state index >= 15 is 0 Å². The van der Waals surface area contributed by atoms with E-state index in [9.17, 15) is 13.2 Å². The Bertz CT molecular complexity index is 742. The Balaban J connectivity index is 2.50. The van der Waals surface area contributed by atoms with Crippen molar-refractivity contribution in [3.63, 3.8) is 0 Å². The third kappa shape index (κ3) is 3.18. The first-order valence-electron chi connectivity index (χ1n) is 5.81. The zero-order valence-electron chi connectivity index (χ0n) is 10.8. The van der Waals surface area contributed by atoms with Gasteiger partial charge in [0.25, 0.3) is 0 Å². The van der Waals surface area contributed by atoms with Gasteiger partial charge in [0.05, 0.1) is 0 Å². The molecule has 1 aliphatic rings. The maximum atomic E-state index is 12.2. The minimum atomic E-state index is -4.08. The summed E-state index contributed by atoms with van der Waals surface area (Å²) in [4.78, 5) is 15.8.